The Morgan fingerprint density at radius 1 is 0.840 bits per heavy atom. The Bertz CT molecular complexity index is 889. The summed E-state index contributed by atoms with van der Waals surface area (Å²) in [4.78, 5) is 11.9. The van der Waals surface area contributed by atoms with Gasteiger partial charge in [0.05, 0.1) is 12.1 Å². The maximum absolute atomic E-state index is 12.5. The van der Waals surface area contributed by atoms with Crippen LogP contribution >= 0.6 is 0 Å². The normalized spacial score (nSPS) is 11.3. The largest absolute Gasteiger partial charge is 0.416 e. The van der Waals surface area contributed by atoms with Gasteiger partial charge in [-0.3, -0.25) is 4.79 Å². The maximum atomic E-state index is 12.5. The summed E-state index contributed by atoms with van der Waals surface area (Å²) in [6.07, 6.45) is -4.39. The summed E-state index contributed by atoms with van der Waals surface area (Å²) < 4.78 is 37.5. The minimum atomic E-state index is -4.39. The van der Waals surface area contributed by atoms with Gasteiger partial charge in [0, 0.05) is 11.4 Å². The van der Waals surface area contributed by atoms with Crippen molar-refractivity contribution in [1.82, 2.24) is 0 Å². The highest BCUT2D eigenvalue weighted by Crippen LogP contribution is 2.29. The minimum absolute atomic E-state index is 0.0133. The van der Waals surface area contributed by atoms with Crippen LogP contribution in [0.15, 0.2) is 66.7 Å². The molecule has 0 saturated carbocycles. The molecule has 0 aliphatic carbocycles. The number of nitrogens with one attached hydrogen (secondary N) is 2. The second-order valence-electron chi connectivity index (χ2n) is 5.54. The molecule has 1 amide bonds. The quantitative estimate of drug-likeness (QED) is 0.706. The monoisotopic (exact) mass is 344 g/mol. The fraction of sp³-hybridized carbons (Fsp3) is 0.105. The molecule has 0 radical (unpaired) electrons. The van der Waals surface area contributed by atoms with Crippen LogP contribution < -0.4 is 10.6 Å². The standard InChI is InChI=1S/C19H15F3N2O/c20-19(21,22)15-6-9-16(10-7-15)24-18(25)12-23-17-8-5-13-3-1-2-4-14(13)11-17/h1-11,23H,12H2,(H,24,25). The van der Waals surface area contributed by atoms with E-state index < -0.39 is 11.7 Å². The molecular formula is C19H15F3N2O. The molecule has 3 nitrogen and oxygen atoms in total. The van der Waals surface area contributed by atoms with E-state index in [0.29, 0.717) is 5.69 Å². The van der Waals surface area contributed by atoms with Crippen molar-refractivity contribution in [2.45, 2.75) is 6.18 Å². The fourth-order valence-corrected chi connectivity index (χ4v) is 2.43. The van der Waals surface area contributed by atoms with Crippen LogP contribution in [0.1, 0.15) is 5.56 Å². The van der Waals surface area contributed by atoms with Gasteiger partial charge in [0.1, 0.15) is 0 Å². The number of hydrogen-bond donors (Lipinski definition) is 2. The van der Waals surface area contributed by atoms with E-state index in [0.717, 1.165) is 28.6 Å². The predicted octanol–water partition coefficient (Wildman–Crippen LogP) is 4.91. The molecule has 128 valence electrons. The van der Waals surface area contributed by atoms with Gasteiger partial charge in [-0.2, -0.15) is 13.2 Å². The van der Waals surface area contributed by atoms with Crippen molar-refractivity contribution in [2.75, 3.05) is 17.2 Å². The second kappa shape index (κ2) is 6.84. The molecule has 0 aromatic heterocycles. The SMILES string of the molecule is O=C(CNc1ccc2ccccc2c1)Nc1ccc(C(F)(F)F)cc1. The molecule has 6 heteroatoms. The Balaban J connectivity index is 1.58. The molecular weight excluding hydrogens is 329 g/mol. The molecule has 2 N–H and O–H groups in total. The number of halogens is 3. The lowest BCUT2D eigenvalue weighted by Crippen LogP contribution is -2.21. The number of hydrogen-bond acceptors (Lipinski definition) is 2. The number of alkyl halides is 3. The summed E-state index contributed by atoms with van der Waals surface area (Å²) in [6, 6.07) is 17.9. The number of amides is 1. The van der Waals surface area contributed by atoms with Crippen molar-refractivity contribution >= 4 is 28.1 Å². The molecule has 3 rings (SSSR count). The Kier molecular flexibility index (Phi) is 4.61. The molecule has 0 spiro atoms. The van der Waals surface area contributed by atoms with E-state index in [1.165, 1.54) is 12.1 Å². The van der Waals surface area contributed by atoms with E-state index in [9.17, 15) is 18.0 Å². The Morgan fingerprint density at radius 2 is 1.48 bits per heavy atom. The van der Waals surface area contributed by atoms with E-state index in [1.807, 2.05) is 42.5 Å². The second-order valence-corrected chi connectivity index (χ2v) is 5.54. The lowest BCUT2D eigenvalue weighted by atomic mass is 10.1. The van der Waals surface area contributed by atoms with Gasteiger partial charge in [0.25, 0.3) is 0 Å². The van der Waals surface area contributed by atoms with Gasteiger partial charge in [0.15, 0.2) is 0 Å². The fourth-order valence-electron chi connectivity index (χ4n) is 2.43. The van der Waals surface area contributed by atoms with Crippen molar-refractivity contribution in [1.29, 1.82) is 0 Å². The van der Waals surface area contributed by atoms with Crippen LogP contribution in [0, 0.1) is 0 Å². The Labute approximate surface area is 142 Å². The first-order chi connectivity index (χ1) is 11.9. The van der Waals surface area contributed by atoms with Gasteiger partial charge >= 0.3 is 6.18 Å². The van der Waals surface area contributed by atoms with Crippen LogP contribution in [0.4, 0.5) is 24.5 Å². The topological polar surface area (TPSA) is 41.1 Å². The lowest BCUT2D eigenvalue weighted by molar-refractivity contribution is -0.137. The van der Waals surface area contributed by atoms with E-state index in [1.54, 1.807) is 0 Å². The smallest absolute Gasteiger partial charge is 0.376 e. The van der Waals surface area contributed by atoms with Gasteiger partial charge in [0.2, 0.25) is 5.91 Å². The summed E-state index contributed by atoms with van der Waals surface area (Å²) >= 11 is 0. The highest BCUT2D eigenvalue weighted by Gasteiger charge is 2.29. The molecule has 0 atom stereocenters. The van der Waals surface area contributed by atoms with Gasteiger partial charge in [-0.15, -0.1) is 0 Å². The zero-order valence-corrected chi connectivity index (χ0v) is 13.1. The molecule has 25 heavy (non-hydrogen) atoms. The van der Waals surface area contributed by atoms with Gasteiger partial charge < -0.3 is 10.6 Å². The summed E-state index contributed by atoms with van der Waals surface area (Å²) in [5.74, 6) is -0.340. The first-order valence-electron chi connectivity index (χ1n) is 7.61. The number of anilines is 2. The van der Waals surface area contributed by atoms with Gasteiger partial charge in [-0.05, 0) is 47.2 Å². The number of benzene rings is 3. The highest BCUT2D eigenvalue weighted by atomic mass is 19.4. The van der Waals surface area contributed by atoms with Crippen LogP contribution in [0.25, 0.3) is 10.8 Å². The third-order valence-corrected chi connectivity index (χ3v) is 3.70. The Morgan fingerprint density at radius 3 is 2.16 bits per heavy atom. The summed E-state index contributed by atoms with van der Waals surface area (Å²) in [5.41, 5.74) is 0.361. The minimum Gasteiger partial charge on any atom is -0.376 e. The summed E-state index contributed by atoms with van der Waals surface area (Å²) in [5, 5.41) is 7.71. The molecule has 0 saturated heterocycles. The average molecular weight is 344 g/mol. The predicted molar refractivity (Wildman–Crippen MR) is 92.5 cm³/mol. The van der Waals surface area contributed by atoms with E-state index in [2.05, 4.69) is 10.6 Å². The maximum Gasteiger partial charge on any atom is 0.416 e. The molecule has 0 bridgehead atoms. The zero-order chi connectivity index (χ0) is 17.9. The number of fused-ring (bicyclic) bond motifs is 1. The van der Waals surface area contributed by atoms with Crippen molar-refractivity contribution < 1.29 is 18.0 Å². The van der Waals surface area contributed by atoms with Crippen molar-refractivity contribution in [3.8, 4) is 0 Å². The van der Waals surface area contributed by atoms with E-state index in [-0.39, 0.29) is 12.5 Å². The number of rotatable bonds is 4. The van der Waals surface area contributed by atoms with Crippen LogP contribution in [0.5, 0.6) is 0 Å². The van der Waals surface area contributed by atoms with Gasteiger partial charge in [-0.1, -0.05) is 30.3 Å². The van der Waals surface area contributed by atoms with Crippen molar-refractivity contribution in [3.63, 3.8) is 0 Å². The molecule has 0 aliphatic rings. The zero-order valence-electron chi connectivity index (χ0n) is 13.1. The van der Waals surface area contributed by atoms with Crippen LogP contribution in [-0.2, 0) is 11.0 Å². The van der Waals surface area contributed by atoms with E-state index in [4.69, 9.17) is 0 Å². The molecule has 0 heterocycles. The molecule has 0 unspecified atom stereocenters. The summed E-state index contributed by atoms with van der Waals surface area (Å²) in [7, 11) is 0. The number of carbonyl (C=O) groups excluding carboxylic acids is 1. The average Bonchev–Trinajstić information content (AvgIpc) is 2.59. The highest BCUT2D eigenvalue weighted by molar-refractivity contribution is 5.94. The van der Waals surface area contributed by atoms with Gasteiger partial charge in [-0.25, -0.2) is 0 Å². The molecule has 0 aliphatic heterocycles. The third kappa shape index (κ3) is 4.29. The van der Waals surface area contributed by atoms with Crippen molar-refractivity contribution in [2.24, 2.45) is 0 Å². The van der Waals surface area contributed by atoms with Crippen LogP contribution in [0.2, 0.25) is 0 Å². The molecule has 3 aromatic rings. The lowest BCUT2D eigenvalue weighted by Gasteiger charge is -2.10. The third-order valence-electron chi connectivity index (χ3n) is 3.70. The molecule has 3 aromatic carbocycles. The summed E-state index contributed by atoms with van der Waals surface area (Å²) in [6.45, 7) is 0.0133. The van der Waals surface area contributed by atoms with Crippen LogP contribution in [0.3, 0.4) is 0 Å². The van der Waals surface area contributed by atoms with E-state index >= 15 is 0 Å². The van der Waals surface area contributed by atoms with Crippen molar-refractivity contribution in [3.05, 3.63) is 72.3 Å². The number of carbonyl (C=O) groups is 1. The molecule has 0 fully saturated rings. The van der Waals surface area contributed by atoms with Crippen LogP contribution in [-0.4, -0.2) is 12.5 Å². The first-order valence-corrected chi connectivity index (χ1v) is 7.61. The Hall–Kier alpha value is -3.02. The first kappa shape index (κ1) is 16.8.